The Labute approximate surface area is 200 Å². The summed E-state index contributed by atoms with van der Waals surface area (Å²) in [5.74, 6) is 0.951. The van der Waals surface area contributed by atoms with E-state index >= 15 is 0 Å². The second kappa shape index (κ2) is 10.7. The Morgan fingerprint density at radius 1 is 1.09 bits per heavy atom. The molecule has 178 valence electrons. The predicted molar refractivity (Wildman–Crippen MR) is 132 cm³/mol. The van der Waals surface area contributed by atoms with Crippen LogP contribution in [0.4, 0.5) is 0 Å². The monoisotopic (exact) mass is 460 g/mol. The number of amides is 2. The molecule has 7 nitrogen and oxygen atoms in total. The predicted octanol–water partition coefficient (Wildman–Crippen LogP) is 4.17. The molecule has 2 heterocycles. The minimum atomic E-state index is -0.582. The average molecular weight is 461 g/mol. The third kappa shape index (κ3) is 4.89. The largest absolute Gasteiger partial charge is 0.438 e. The maximum atomic E-state index is 13.5. The second-order valence-electron chi connectivity index (χ2n) is 8.63. The third-order valence-corrected chi connectivity index (χ3v) is 6.40. The van der Waals surface area contributed by atoms with E-state index in [0.717, 1.165) is 29.7 Å². The van der Waals surface area contributed by atoms with Crippen molar-refractivity contribution in [2.45, 2.75) is 51.2 Å². The van der Waals surface area contributed by atoms with E-state index in [2.05, 4.69) is 10.6 Å². The van der Waals surface area contributed by atoms with Gasteiger partial charge in [0.1, 0.15) is 17.8 Å². The van der Waals surface area contributed by atoms with Gasteiger partial charge in [-0.1, -0.05) is 67.6 Å². The first kappa shape index (κ1) is 23.7. The van der Waals surface area contributed by atoms with Gasteiger partial charge in [-0.15, -0.1) is 0 Å². The Morgan fingerprint density at radius 3 is 2.35 bits per heavy atom. The van der Waals surface area contributed by atoms with Gasteiger partial charge in [-0.25, -0.2) is 4.98 Å². The van der Waals surface area contributed by atoms with Crippen molar-refractivity contribution in [1.82, 2.24) is 20.5 Å². The van der Waals surface area contributed by atoms with Crippen LogP contribution in [0, 0.1) is 0 Å². The molecule has 0 spiro atoms. The summed E-state index contributed by atoms with van der Waals surface area (Å²) in [6.45, 7) is 4.29. The quantitative estimate of drug-likeness (QED) is 0.527. The van der Waals surface area contributed by atoms with Crippen LogP contribution >= 0.6 is 0 Å². The summed E-state index contributed by atoms with van der Waals surface area (Å²) in [6.07, 6.45) is 2.14. The second-order valence-corrected chi connectivity index (χ2v) is 8.63. The van der Waals surface area contributed by atoms with E-state index in [1.54, 1.807) is 14.0 Å². The number of oxazole rings is 1. The van der Waals surface area contributed by atoms with Crippen LogP contribution in [0.5, 0.6) is 0 Å². The smallest absolute Gasteiger partial charge is 0.245 e. The van der Waals surface area contributed by atoms with E-state index in [1.165, 1.54) is 0 Å². The Hall–Kier alpha value is -3.45. The number of likely N-dealkylation sites (N-methyl/N-ethyl adjacent to an activating group) is 1. The summed E-state index contributed by atoms with van der Waals surface area (Å²) in [5, 5.41) is 5.81. The highest BCUT2D eigenvalue weighted by Gasteiger charge is 2.37. The normalized spacial score (nSPS) is 17.4. The molecule has 3 aromatic rings. The number of aromatic nitrogens is 1. The topological polar surface area (TPSA) is 87.5 Å². The molecule has 2 N–H and O–H groups in total. The third-order valence-electron chi connectivity index (χ3n) is 6.40. The fourth-order valence-electron chi connectivity index (χ4n) is 4.31. The molecular formula is C27H32N4O3. The lowest BCUT2D eigenvalue weighted by Gasteiger charge is -2.28. The lowest BCUT2D eigenvalue weighted by atomic mass is 10.1. The van der Waals surface area contributed by atoms with Crippen LogP contribution in [0.15, 0.2) is 65.1 Å². The van der Waals surface area contributed by atoms with E-state index in [1.807, 2.05) is 72.5 Å². The Balaban J connectivity index is 1.65. The van der Waals surface area contributed by atoms with Gasteiger partial charge in [0.25, 0.3) is 0 Å². The van der Waals surface area contributed by atoms with Crippen LogP contribution in [0.1, 0.15) is 45.0 Å². The summed E-state index contributed by atoms with van der Waals surface area (Å²) in [6, 6.07) is 18.6. The molecule has 34 heavy (non-hydrogen) atoms. The van der Waals surface area contributed by atoms with E-state index < -0.39 is 6.04 Å². The van der Waals surface area contributed by atoms with Crippen molar-refractivity contribution in [3.63, 3.8) is 0 Å². The van der Waals surface area contributed by atoms with E-state index in [-0.39, 0.29) is 23.9 Å². The molecule has 0 radical (unpaired) electrons. The summed E-state index contributed by atoms with van der Waals surface area (Å²) < 4.78 is 6.37. The van der Waals surface area contributed by atoms with Gasteiger partial charge in [0.05, 0.1) is 6.04 Å². The van der Waals surface area contributed by atoms with Crippen LogP contribution in [0.3, 0.4) is 0 Å². The first-order chi connectivity index (χ1) is 16.5. The van der Waals surface area contributed by atoms with Crippen LogP contribution in [-0.4, -0.2) is 47.4 Å². The number of hydrogen-bond donors (Lipinski definition) is 2. The maximum absolute atomic E-state index is 13.5. The molecule has 0 saturated carbocycles. The summed E-state index contributed by atoms with van der Waals surface area (Å²) >= 11 is 0. The van der Waals surface area contributed by atoms with Gasteiger partial charge in [0.2, 0.25) is 17.7 Å². The Morgan fingerprint density at radius 2 is 1.74 bits per heavy atom. The summed E-state index contributed by atoms with van der Waals surface area (Å²) in [5.41, 5.74) is 2.67. The van der Waals surface area contributed by atoms with Crippen LogP contribution < -0.4 is 10.6 Å². The highest BCUT2D eigenvalue weighted by atomic mass is 16.4. The van der Waals surface area contributed by atoms with Gasteiger partial charge in [0, 0.05) is 17.7 Å². The lowest BCUT2D eigenvalue weighted by Crippen LogP contribution is -2.52. The minimum absolute atomic E-state index is 0.0950. The van der Waals surface area contributed by atoms with Gasteiger partial charge in [-0.2, -0.15) is 0 Å². The SMILES string of the molecule is CC[C@H](NC(=O)[C@H](C)NC)C(=O)N1CCC[C@H]1c1nc(-c2ccccc2)c(-c2ccccc2)o1. The molecule has 1 aliphatic rings. The fourth-order valence-corrected chi connectivity index (χ4v) is 4.31. The zero-order chi connectivity index (χ0) is 24.1. The van der Waals surface area contributed by atoms with Crippen molar-refractivity contribution >= 4 is 11.8 Å². The minimum Gasteiger partial charge on any atom is -0.438 e. The maximum Gasteiger partial charge on any atom is 0.245 e. The van der Waals surface area contributed by atoms with E-state index in [0.29, 0.717) is 24.6 Å². The van der Waals surface area contributed by atoms with Crippen molar-refractivity contribution in [1.29, 1.82) is 0 Å². The van der Waals surface area contributed by atoms with Crippen molar-refractivity contribution < 1.29 is 14.0 Å². The van der Waals surface area contributed by atoms with Gasteiger partial charge in [0.15, 0.2) is 5.76 Å². The van der Waals surface area contributed by atoms with Crippen molar-refractivity contribution in [2.75, 3.05) is 13.6 Å². The first-order valence-electron chi connectivity index (χ1n) is 11.9. The molecule has 2 aromatic carbocycles. The van der Waals surface area contributed by atoms with Crippen molar-refractivity contribution in [2.24, 2.45) is 0 Å². The van der Waals surface area contributed by atoms with Gasteiger partial charge >= 0.3 is 0 Å². The molecule has 1 saturated heterocycles. The first-order valence-corrected chi connectivity index (χ1v) is 11.9. The molecule has 0 unspecified atom stereocenters. The molecule has 0 aliphatic carbocycles. The highest BCUT2D eigenvalue weighted by molar-refractivity contribution is 5.90. The fraction of sp³-hybridized carbons (Fsp3) is 0.370. The molecule has 7 heteroatoms. The standard InChI is InChI=1S/C27H32N4O3/c1-4-21(29-25(32)18(2)28-3)27(33)31-17-11-16-22(31)26-30-23(19-12-7-5-8-13-19)24(34-26)20-14-9-6-10-15-20/h5-10,12-15,18,21-22,28H,4,11,16-17H2,1-3H3,(H,29,32)/t18-,21-,22-/m0/s1. The number of benzene rings is 2. The summed E-state index contributed by atoms with van der Waals surface area (Å²) in [4.78, 5) is 32.6. The Bertz CT molecular complexity index is 1060. The van der Waals surface area contributed by atoms with Crippen molar-refractivity contribution in [3.8, 4) is 22.6 Å². The molecule has 1 fully saturated rings. The lowest BCUT2D eigenvalue weighted by molar-refractivity contribution is -0.138. The van der Waals surface area contributed by atoms with E-state index in [4.69, 9.17) is 9.40 Å². The average Bonchev–Trinajstić information content (AvgIpc) is 3.55. The number of rotatable bonds is 8. The molecule has 0 bridgehead atoms. The number of carbonyl (C=O) groups is 2. The van der Waals surface area contributed by atoms with Crippen LogP contribution in [0.2, 0.25) is 0 Å². The van der Waals surface area contributed by atoms with Crippen LogP contribution in [-0.2, 0) is 9.59 Å². The number of hydrogen-bond acceptors (Lipinski definition) is 5. The zero-order valence-corrected chi connectivity index (χ0v) is 20.0. The number of nitrogens with zero attached hydrogens (tertiary/aromatic N) is 2. The molecule has 3 atom stereocenters. The van der Waals surface area contributed by atoms with Crippen molar-refractivity contribution in [3.05, 3.63) is 66.6 Å². The number of nitrogens with one attached hydrogen (secondary N) is 2. The molecule has 1 aromatic heterocycles. The van der Waals surface area contributed by atoms with E-state index in [9.17, 15) is 9.59 Å². The molecule has 2 amide bonds. The Kier molecular flexibility index (Phi) is 7.43. The molecule has 1 aliphatic heterocycles. The van der Waals surface area contributed by atoms with Gasteiger partial charge in [-0.05, 0) is 33.2 Å². The van der Waals surface area contributed by atoms with Gasteiger partial charge in [-0.3, -0.25) is 9.59 Å². The number of likely N-dealkylation sites (tertiary alicyclic amines) is 1. The van der Waals surface area contributed by atoms with Crippen LogP contribution in [0.25, 0.3) is 22.6 Å². The summed E-state index contributed by atoms with van der Waals surface area (Å²) in [7, 11) is 1.72. The molecular weight excluding hydrogens is 428 g/mol. The zero-order valence-electron chi connectivity index (χ0n) is 20.0. The number of carbonyl (C=O) groups excluding carboxylic acids is 2. The molecule has 4 rings (SSSR count). The highest BCUT2D eigenvalue weighted by Crippen LogP contribution is 2.39. The van der Waals surface area contributed by atoms with Gasteiger partial charge < -0.3 is 20.0 Å².